The third-order valence-corrected chi connectivity index (χ3v) is 6.53. The highest BCUT2D eigenvalue weighted by molar-refractivity contribution is 7.99. The number of hydrazone groups is 1. The molecule has 186 valence electrons. The molecule has 9 heteroatoms. The number of thioether (sulfide) groups is 1. The number of hydrogen-bond acceptors (Lipinski definition) is 7. The normalized spacial score (nSPS) is 11.1. The predicted octanol–water partition coefficient (Wildman–Crippen LogP) is 4.66. The lowest BCUT2D eigenvalue weighted by Crippen LogP contribution is -2.20. The second-order valence-electron chi connectivity index (χ2n) is 7.98. The minimum Gasteiger partial charge on any atom is -0.496 e. The molecule has 36 heavy (non-hydrogen) atoms. The van der Waals surface area contributed by atoms with Gasteiger partial charge in [0.1, 0.15) is 17.2 Å². The summed E-state index contributed by atoms with van der Waals surface area (Å²) >= 11 is 1.37. The van der Waals surface area contributed by atoms with Gasteiger partial charge in [-0.15, -0.1) is 0 Å². The molecule has 0 fully saturated rings. The number of nitrogens with one attached hydrogen (secondary N) is 1. The lowest BCUT2D eigenvalue weighted by molar-refractivity contribution is -0.118. The van der Waals surface area contributed by atoms with Crippen molar-refractivity contribution in [1.29, 1.82) is 0 Å². The molecule has 0 aliphatic heterocycles. The molecule has 4 rings (SSSR count). The molecule has 0 saturated heterocycles. The zero-order valence-corrected chi connectivity index (χ0v) is 21.5. The van der Waals surface area contributed by atoms with Crippen LogP contribution in [0.5, 0.6) is 17.2 Å². The maximum absolute atomic E-state index is 12.6. The zero-order chi connectivity index (χ0) is 25.5. The predicted molar refractivity (Wildman–Crippen MR) is 143 cm³/mol. The van der Waals surface area contributed by atoms with E-state index in [1.807, 2.05) is 24.3 Å². The summed E-state index contributed by atoms with van der Waals surface area (Å²) in [7, 11) is 4.65. The summed E-state index contributed by atoms with van der Waals surface area (Å²) in [6.45, 7) is 2.74. The van der Waals surface area contributed by atoms with Crippen LogP contribution in [0.1, 0.15) is 16.7 Å². The highest BCUT2D eigenvalue weighted by Crippen LogP contribution is 2.32. The van der Waals surface area contributed by atoms with Gasteiger partial charge in [0, 0.05) is 12.1 Å². The Balaban J connectivity index is 1.46. The molecule has 0 bridgehead atoms. The number of carbonyl (C=O) groups excluding carboxylic acids is 1. The number of aryl methyl sites for hydroxylation is 1. The number of rotatable bonds is 10. The van der Waals surface area contributed by atoms with Gasteiger partial charge in [-0.3, -0.25) is 4.79 Å². The number of fused-ring (bicyclic) bond motifs is 1. The van der Waals surface area contributed by atoms with Crippen LogP contribution < -0.4 is 19.6 Å². The average molecular weight is 505 g/mol. The van der Waals surface area contributed by atoms with Crippen molar-refractivity contribution in [3.05, 3.63) is 77.4 Å². The minimum absolute atomic E-state index is 0.158. The fourth-order valence-corrected chi connectivity index (χ4v) is 4.49. The van der Waals surface area contributed by atoms with Gasteiger partial charge in [-0.2, -0.15) is 5.10 Å². The van der Waals surface area contributed by atoms with Gasteiger partial charge < -0.3 is 18.8 Å². The van der Waals surface area contributed by atoms with E-state index in [1.165, 1.54) is 29.1 Å². The highest BCUT2D eigenvalue weighted by atomic mass is 32.2. The maximum atomic E-state index is 12.6. The van der Waals surface area contributed by atoms with Gasteiger partial charge in [-0.25, -0.2) is 10.4 Å². The van der Waals surface area contributed by atoms with Crippen molar-refractivity contribution in [2.45, 2.75) is 18.6 Å². The van der Waals surface area contributed by atoms with E-state index in [2.05, 4.69) is 46.3 Å². The zero-order valence-electron chi connectivity index (χ0n) is 20.6. The molecule has 3 aromatic carbocycles. The van der Waals surface area contributed by atoms with Crippen molar-refractivity contribution in [3.8, 4) is 17.2 Å². The van der Waals surface area contributed by atoms with Gasteiger partial charge in [0.05, 0.1) is 56.4 Å². The Morgan fingerprint density at radius 1 is 1.03 bits per heavy atom. The van der Waals surface area contributed by atoms with Crippen molar-refractivity contribution in [2.75, 3.05) is 27.1 Å². The number of nitrogens with zero attached hydrogens (tertiary/aromatic N) is 3. The Morgan fingerprint density at radius 3 is 2.39 bits per heavy atom. The summed E-state index contributed by atoms with van der Waals surface area (Å²) < 4.78 is 18.2. The van der Waals surface area contributed by atoms with E-state index in [0.29, 0.717) is 29.4 Å². The number of aromatic nitrogens is 2. The van der Waals surface area contributed by atoms with Crippen LogP contribution in [-0.4, -0.2) is 48.8 Å². The van der Waals surface area contributed by atoms with Crippen molar-refractivity contribution >= 4 is 34.9 Å². The van der Waals surface area contributed by atoms with Crippen LogP contribution in [0, 0.1) is 6.92 Å². The third kappa shape index (κ3) is 5.80. The van der Waals surface area contributed by atoms with E-state index < -0.39 is 0 Å². The molecule has 0 aliphatic carbocycles. The van der Waals surface area contributed by atoms with Crippen LogP contribution >= 0.6 is 11.8 Å². The topological polar surface area (TPSA) is 87.0 Å². The molecule has 1 heterocycles. The Hall–Kier alpha value is -3.98. The number of methoxy groups -OCH3 is 3. The van der Waals surface area contributed by atoms with Gasteiger partial charge in [-0.05, 0) is 24.6 Å². The van der Waals surface area contributed by atoms with Gasteiger partial charge in [0.15, 0.2) is 5.16 Å². The number of para-hydroxylation sites is 2. The fraction of sp³-hybridized carbons (Fsp3) is 0.222. The molecular weight excluding hydrogens is 476 g/mol. The van der Waals surface area contributed by atoms with Gasteiger partial charge in [0.25, 0.3) is 5.91 Å². The van der Waals surface area contributed by atoms with Crippen molar-refractivity contribution in [3.63, 3.8) is 0 Å². The fourth-order valence-electron chi connectivity index (χ4n) is 3.68. The number of ether oxygens (including phenoxy) is 3. The first-order chi connectivity index (χ1) is 17.5. The molecule has 0 radical (unpaired) electrons. The summed E-state index contributed by atoms with van der Waals surface area (Å²) in [5, 5.41) is 4.87. The van der Waals surface area contributed by atoms with Crippen LogP contribution in [0.15, 0.2) is 70.9 Å². The smallest absolute Gasteiger partial charge is 0.250 e. The Labute approximate surface area is 214 Å². The number of hydrogen-bond donors (Lipinski definition) is 1. The highest BCUT2D eigenvalue weighted by Gasteiger charge is 2.14. The Morgan fingerprint density at radius 2 is 1.72 bits per heavy atom. The Kier molecular flexibility index (Phi) is 8.12. The van der Waals surface area contributed by atoms with Crippen LogP contribution in [-0.2, 0) is 11.3 Å². The van der Waals surface area contributed by atoms with Gasteiger partial charge in [0.2, 0.25) is 0 Å². The van der Waals surface area contributed by atoms with Crippen molar-refractivity contribution in [2.24, 2.45) is 5.10 Å². The SMILES string of the molecule is COc1cc(OC)c(/C=N/NC(=O)CSc2nc3ccccc3n2Cc2ccc(C)cc2)c(OC)c1. The van der Waals surface area contributed by atoms with E-state index in [0.717, 1.165) is 16.2 Å². The molecule has 0 atom stereocenters. The summed E-state index contributed by atoms with van der Waals surface area (Å²) in [5.41, 5.74) is 7.46. The second kappa shape index (κ2) is 11.6. The average Bonchev–Trinajstić information content (AvgIpc) is 3.25. The quantitative estimate of drug-likeness (QED) is 0.192. The van der Waals surface area contributed by atoms with Crippen LogP contribution in [0.2, 0.25) is 0 Å². The number of imidazole rings is 1. The molecule has 1 N–H and O–H groups in total. The molecule has 1 aromatic heterocycles. The lowest BCUT2D eigenvalue weighted by Gasteiger charge is -2.12. The minimum atomic E-state index is -0.253. The molecule has 0 saturated carbocycles. The number of carbonyl (C=O) groups is 1. The molecule has 0 aliphatic rings. The Bertz CT molecular complexity index is 1360. The first kappa shape index (κ1) is 25.1. The molecule has 4 aromatic rings. The van der Waals surface area contributed by atoms with E-state index >= 15 is 0 Å². The largest absolute Gasteiger partial charge is 0.496 e. The van der Waals surface area contributed by atoms with E-state index in [4.69, 9.17) is 19.2 Å². The van der Waals surface area contributed by atoms with Crippen LogP contribution in [0.3, 0.4) is 0 Å². The third-order valence-electron chi connectivity index (χ3n) is 5.55. The summed E-state index contributed by atoms with van der Waals surface area (Å²) in [4.78, 5) is 17.3. The van der Waals surface area contributed by atoms with Gasteiger partial charge >= 0.3 is 0 Å². The molecule has 0 unspecified atom stereocenters. The van der Waals surface area contributed by atoms with Crippen LogP contribution in [0.4, 0.5) is 0 Å². The molecule has 1 amide bonds. The van der Waals surface area contributed by atoms with E-state index in [-0.39, 0.29) is 11.7 Å². The monoisotopic (exact) mass is 504 g/mol. The molecule has 8 nitrogen and oxygen atoms in total. The number of amides is 1. The summed E-state index contributed by atoms with van der Waals surface area (Å²) in [6.07, 6.45) is 1.49. The first-order valence-electron chi connectivity index (χ1n) is 11.3. The lowest BCUT2D eigenvalue weighted by atomic mass is 10.1. The standard InChI is InChI=1S/C27H28N4O4S/c1-18-9-11-19(12-10-18)16-31-23-8-6-5-7-22(23)29-27(31)36-17-26(32)30-28-15-21-24(34-3)13-20(33-2)14-25(21)35-4/h5-15H,16-17H2,1-4H3,(H,30,32)/b28-15+. The summed E-state index contributed by atoms with van der Waals surface area (Å²) in [6, 6.07) is 19.8. The summed E-state index contributed by atoms with van der Waals surface area (Å²) in [5.74, 6) is 1.53. The molecular formula is C27H28N4O4S. The molecule has 0 spiro atoms. The van der Waals surface area contributed by atoms with E-state index in [1.54, 1.807) is 33.5 Å². The second-order valence-corrected chi connectivity index (χ2v) is 8.92. The maximum Gasteiger partial charge on any atom is 0.250 e. The first-order valence-corrected chi connectivity index (χ1v) is 12.3. The van der Waals surface area contributed by atoms with Crippen molar-refractivity contribution in [1.82, 2.24) is 15.0 Å². The van der Waals surface area contributed by atoms with E-state index in [9.17, 15) is 4.79 Å². The van der Waals surface area contributed by atoms with Crippen molar-refractivity contribution < 1.29 is 19.0 Å². The van der Waals surface area contributed by atoms with Crippen LogP contribution in [0.25, 0.3) is 11.0 Å². The van der Waals surface area contributed by atoms with Gasteiger partial charge in [-0.1, -0.05) is 53.7 Å². The number of benzene rings is 3.